The van der Waals surface area contributed by atoms with Crippen molar-refractivity contribution in [2.24, 2.45) is 11.8 Å². The molecule has 0 saturated heterocycles. The summed E-state index contributed by atoms with van der Waals surface area (Å²) in [4.78, 5) is 43.1. The SMILES string of the molecule is CCCCCCCCNC(=O)CCCCCN(C)CCN(CCCCCCCC(=O)OCC(CCCCCC)CCCCCCCC)CCCCCCCC(=O)OCC(CCCCCC)CCCCCCCC. The van der Waals surface area contributed by atoms with Gasteiger partial charge < -0.3 is 24.6 Å². The minimum Gasteiger partial charge on any atom is -0.465 e. The zero-order chi connectivity index (χ0) is 53.3. The Kier molecular flexibility index (Phi) is 56.7. The molecule has 2 unspecified atom stereocenters. The molecule has 8 nitrogen and oxygen atoms in total. The molecular weight excluding hydrogens is 903 g/mol. The van der Waals surface area contributed by atoms with E-state index in [4.69, 9.17) is 9.47 Å². The lowest BCUT2D eigenvalue weighted by Gasteiger charge is -2.25. The molecule has 0 rings (SSSR count). The molecule has 0 aromatic rings. The van der Waals surface area contributed by atoms with Gasteiger partial charge in [0.2, 0.25) is 5.91 Å². The Bertz CT molecular complexity index is 1090. The first-order valence-electron chi connectivity index (χ1n) is 32.8. The summed E-state index contributed by atoms with van der Waals surface area (Å²) in [6.45, 7) is 18.9. The summed E-state index contributed by atoms with van der Waals surface area (Å²) in [6.07, 6.45) is 54.7. The molecule has 434 valence electrons. The zero-order valence-corrected chi connectivity index (χ0v) is 50.3. The van der Waals surface area contributed by atoms with Gasteiger partial charge in [-0.25, -0.2) is 0 Å². The van der Waals surface area contributed by atoms with Gasteiger partial charge in [-0.3, -0.25) is 14.4 Å². The smallest absolute Gasteiger partial charge is 0.305 e. The molecule has 1 N–H and O–H groups in total. The van der Waals surface area contributed by atoms with Crippen molar-refractivity contribution in [2.75, 3.05) is 59.5 Å². The van der Waals surface area contributed by atoms with Crippen LogP contribution < -0.4 is 5.32 Å². The predicted octanol–water partition coefficient (Wildman–Crippen LogP) is 18.7. The van der Waals surface area contributed by atoms with E-state index in [1.807, 2.05) is 0 Å². The Morgan fingerprint density at radius 3 is 1.08 bits per heavy atom. The summed E-state index contributed by atoms with van der Waals surface area (Å²) in [6, 6.07) is 0. The van der Waals surface area contributed by atoms with Gasteiger partial charge in [0.1, 0.15) is 0 Å². The molecule has 0 aromatic heterocycles. The number of hydrogen-bond donors (Lipinski definition) is 1. The fourth-order valence-corrected chi connectivity index (χ4v) is 10.4. The van der Waals surface area contributed by atoms with Crippen LogP contribution in [0.5, 0.6) is 0 Å². The lowest BCUT2D eigenvalue weighted by Crippen LogP contribution is -2.35. The highest BCUT2D eigenvalue weighted by Gasteiger charge is 2.15. The fourth-order valence-electron chi connectivity index (χ4n) is 10.4. The van der Waals surface area contributed by atoms with Crippen molar-refractivity contribution < 1.29 is 23.9 Å². The molecule has 0 saturated carbocycles. The lowest BCUT2D eigenvalue weighted by molar-refractivity contribution is -0.146. The van der Waals surface area contributed by atoms with E-state index in [9.17, 15) is 14.4 Å². The molecule has 0 aliphatic heterocycles. The van der Waals surface area contributed by atoms with Crippen LogP contribution in [0.4, 0.5) is 0 Å². The standard InChI is InChI=1S/C65H129N3O5/c1-7-12-17-22-27-37-48-61(46-35-20-15-10-4)59-72-64(70)51-40-29-25-32-44-55-68(58-57-67(6)54-43-34-39-50-63(69)66-53-42-31-24-19-14-9-3)56-45-33-26-30-41-52-65(71)73-60-62(47-36-21-16-11-5)49-38-28-23-18-13-8-2/h61-62H,7-60H2,1-6H3,(H,66,69). The van der Waals surface area contributed by atoms with Crippen LogP contribution in [0.2, 0.25) is 0 Å². The van der Waals surface area contributed by atoms with E-state index in [-0.39, 0.29) is 17.8 Å². The third-order valence-corrected chi connectivity index (χ3v) is 15.6. The molecule has 0 radical (unpaired) electrons. The highest BCUT2D eigenvalue weighted by Crippen LogP contribution is 2.22. The van der Waals surface area contributed by atoms with Crippen LogP contribution in [-0.4, -0.2) is 87.2 Å². The number of rotatable bonds is 60. The average molecular weight is 1030 g/mol. The molecule has 0 aliphatic rings. The quantitative estimate of drug-likeness (QED) is 0.0480. The minimum absolute atomic E-state index is 0.0109. The molecule has 0 heterocycles. The second kappa shape index (κ2) is 58.0. The van der Waals surface area contributed by atoms with Gasteiger partial charge in [0.05, 0.1) is 13.2 Å². The Labute approximate surface area is 456 Å². The topological polar surface area (TPSA) is 88.2 Å². The maximum atomic E-state index is 12.8. The van der Waals surface area contributed by atoms with Gasteiger partial charge in [-0.15, -0.1) is 0 Å². The molecule has 1 amide bonds. The van der Waals surface area contributed by atoms with E-state index < -0.39 is 0 Å². The number of carbonyl (C=O) groups excluding carboxylic acids is 3. The number of esters is 2. The van der Waals surface area contributed by atoms with Crippen LogP contribution in [0.3, 0.4) is 0 Å². The van der Waals surface area contributed by atoms with E-state index in [1.165, 1.54) is 225 Å². The average Bonchev–Trinajstić information content (AvgIpc) is 3.39. The van der Waals surface area contributed by atoms with Crippen LogP contribution in [-0.2, 0) is 23.9 Å². The number of amides is 1. The molecule has 8 heteroatoms. The molecule has 0 aromatic carbocycles. The van der Waals surface area contributed by atoms with Gasteiger partial charge in [-0.1, -0.05) is 240 Å². The van der Waals surface area contributed by atoms with Crippen LogP contribution in [0.25, 0.3) is 0 Å². The van der Waals surface area contributed by atoms with Gasteiger partial charge in [-0.05, 0) is 109 Å². The fraction of sp³-hybridized carbons (Fsp3) is 0.954. The first-order chi connectivity index (χ1) is 35.8. The van der Waals surface area contributed by atoms with Crippen molar-refractivity contribution in [2.45, 2.75) is 330 Å². The Balaban J connectivity index is 4.77. The van der Waals surface area contributed by atoms with Crippen molar-refractivity contribution in [3.05, 3.63) is 0 Å². The van der Waals surface area contributed by atoms with Gasteiger partial charge >= 0.3 is 11.9 Å². The van der Waals surface area contributed by atoms with Crippen molar-refractivity contribution >= 4 is 17.8 Å². The van der Waals surface area contributed by atoms with Crippen molar-refractivity contribution in [3.8, 4) is 0 Å². The van der Waals surface area contributed by atoms with E-state index in [0.29, 0.717) is 44.3 Å². The summed E-state index contributed by atoms with van der Waals surface area (Å²) >= 11 is 0. The molecule has 0 spiro atoms. The minimum atomic E-state index is 0.0109. The highest BCUT2D eigenvalue weighted by atomic mass is 16.5. The molecular formula is C65H129N3O5. The van der Waals surface area contributed by atoms with E-state index in [1.54, 1.807) is 0 Å². The van der Waals surface area contributed by atoms with Crippen molar-refractivity contribution in [3.63, 3.8) is 0 Å². The molecule has 73 heavy (non-hydrogen) atoms. The molecule has 2 atom stereocenters. The van der Waals surface area contributed by atoms with Crippen LogP contribution >= 0.6 is 0 Å². The molecule has 0 bridgehead atoms. The Morgan fingerprint density at radius 2 is 0.658 bits per heavy atom. The van der Waals surface area contributed by atoms with Crippen LogP contribution in [0.1, 0.15) is 330 Å². The highest BCUT2D eigenvalue weighted by molar-refractivity contribution is 5.75. The summed E-state index contributed by atoms with van der Waals surface area (Å²) in [5.41, 5.74) is 0. The van der Waals surface area contributed by atoms with Crippen molar-refractivity contribution in [1.82, 2.24) is 15.1 Å². The van der Waals surface area contributed by atoms with Crippen molar-refractivity contribution in [1.29, 1.82) is 0 Å². The zero-order valence-electron chi connectivity index (χ0n) is 50.3. The first kappa shape index (κ1) is 71.3. The molecule has 0 fully saturated rings. The Morgan fingerprint density at radius 1 is 0.342 bits per heavy atom. The summed E-state index contributed by atoms with van der Waals surface area (Å²) < 4.78 is 11.8. The third kappa shape index (κ3) is 53.5. The number of nitrogens with one attached hydrogen (secondary N) is 1. The number of nitrogens with zero attached hydrogens (tertiary/aromatic N) is 2. The Hall–Kier alpha value is -1.67. The monoisotopic (exact) mass is 1030 g/mol. The number of unbranched alkanes of at least 4 members (excludes halogenated alkanes) is 31. The first-order valence-corrected chi connectivity index (χ1v) is 32.8. The number of carbonyl (C=O) groups is 3. The number of hydrogen-bond acceptors (Lipinski definition) is 7. The lowest BCUT2D eigenvalue weighted by atomic mass is 9.95. The van der Waals surface area contributed by atoms with E-state index >= 15 is 0 Å². The van der Waals surface area contributed by atoms with E-state index in [2.05, 4.69) is 56.8 Å². The van der Waals surface area contributed by atoms with Gasteiger partial charge in [-0.2, -0.15) is 0 Å². The van der Waals surface area contributed by atoms with E-state index in [0.717, 1.165) is 90.6 Å². The largest absolute Gasteiger partial charge is 0.465 e. The van der Waals surface area contributed by atoms with Gasteiger partial charge in [0.25, 0.3) is 0 Å². The maximum absolute atomic E-state index is 12.8. The number of ether oxygens (including phenoxy) is 2. The second-order valence-corrected chi connectivity index (χ2v) is 23.0. The number of likely N-dealkylation sites (N-methyl/N-ethyl adjacent to an activating group) is 1. The normalized spacial score (nSPS) is 12.5. The molecule has 0 aliphatic carbocycles. The summed E-state index contributed by atoms with van der Waals surface area (Å²) in [5, 5.41) is 3.14. The maximum Gasteiger partial charge on any atom is 0.305 e. The van der Waals surface area contributed by atoms with Crippen LogP contribution in [0.15, 0.2) is 0 Å². The predicted molar refractivity (Wildman–Crippen MR) is 317 cm³/mol. The third-order valence-electron chi connectivity index (χ3n) is 15.6. The summed E-state index contributed by atoms with van der Waals surface area (Å²) in [5.74, 6) is 1.30. The van der Waals surface area contributed by atoms with Gasteiger partial charge in [0.15, 0.2) is 0 Å². The van der Waals surface area contributed by atoms with Crippen LogP contribution in [0, 0.1) is 11.8 Å². The summed E-state index contributed by atoms with van der Waals surface area (Å²) in [7, 11) is 2.26. The second-order valence-electron chi connectivity index (χ2n) is 23.0. The van der Waals surface area contributed by atoms with Gasteiger partial charge in [0, 0.05) is 38.9 Å².